The van der Waals surface area contributed by atoms with E-state index >= 15 is 0 Å². The van der Waals surface area contributed by atoms with Crippen LogP contribution in [0.5, 0.6) is 0 Å². The Kier molecular flexibility index (Phi) is 1.24. The Labute approximate surface area is 58.0 Å². The van der Waals surface area contributed by atoms with Gasteiger partial charge in [-0.25, -0.2) is 0 Å². The van der Waals surface area contributed by atoms with Crippen molar-refractivity contribution in [3.63, 3.8) is 0 Å². The predicted molar refractivity (Wildman–Crippen MR) is 37.7 cm³/mol. The van der Waals surface area contributed by atoms with Crippen molar-refractivity contribution in [1.82, 2.24) is 5.32 Å². The van der Waals surface area contributed by atoms with Crippen molar-refractivity contribution in [3.05, 3.63) is 23.3 Å². The van der Waals surface area contributed by atoms with Crippen LogP contribution < -0.4 is 5.32 Å². The third-order valence-corrected chi connectivity index (χ3v) is 2.31. The van der Waals surface area contributed by atoms with Gasteiger partial charge in [-0.05, 0) is 12.2 Å². The molecule has 3 heteroatoms. The Morgan fingerprint density at radius 2 is 2.78 bits per heavy atom. The van der Waals surface area contributed by atoms with Crippen LogP contribution >= 0.6 is 11.8 Å². The number of thioether (sulfide) groups is 1. The highest BCUT2D eigenvalue weighted by atomic mass is 32.2. The molecule has 0 aromatic carbocycles. The monoisotopic (exact) mass is 141 g/mol. The van der Waals surface area contributed by atoms with Gasteiger partial charge >= 0.3 is 0 Å². The number of fused-ring (bicyclic) bond motifs is 1. The normalized spacial score (nSPS) is 31.1. The van der Waals surface area contributed by atoms with Gasteiger partial charge in [0.15, 0.2) is 6.23 Å². The summed E-state index contributed by atoms with van der Waals surface area (Å²) < 4.78 is 5.22. The Morgan fingerprint density at radius 3 is 3.67 bits per heavy atom. The van der Waals surface area contributed by atoms with Crippen molar-refractivity contribution in [2.24, 2.45) is 0 Å². The van der Waals surface area contributed by atoms with E-state index in [-0.39, 0.29) is 6.23 Å². The lowest BCUT2D eigenvalue weighted by molar-refractivity contribution is 0.159. The SMILES string of the molecule is C1=COC2NCSC2=C1. The van der Waals surface area contributed by atoms with Crippen molar-refractivity contribution >= 4 is 11.8 Å². The van der Waals surface area contributed by atoms with Crippen LogP contribution in [0.3, 0.4) is 0 Å². The van der Waals surface area contributed by atoms with Gasteiger partial charge in [-0.1, -0.05) is 0 Å². The van der Waals surface area contributed by atoms with Gasteiger partial charge in [0.1, 0.15) is 0 Å². The van der Waals surface area contributed by atoms with Crippen LogP contribution in [0.25, 0.3) is 0 Å². The maximum Gasteiger partial charge on any atom is 0.182 e. The minimum Gasteiger partial charge on any atom is -0.478 e. The van der Waals surface area contributed by atoms with E-state index in [1.54, 1.807) is 18.0 Å². The average Bonchev–Trinajstić information content (AvgIpc) is 2.33. The summed E-state index contributed by atoms with van der Waals surface area (Å²) in [7, 11) is 0. The molecule has 2 aliphatic heterocycles. The average molecular weight is 141 g/mol. The first kappa shape index (κ1) is 5.38. The van der Waals surface area contributed by atoms with Gasteiger partial charge in [0.2, 0.25) is 0 Å². The molecule has 9 heavy (non-hydrogen) atoms. The topological polar surface area (TPSA) is 21.3 Å². The molecule has 2 heterocycles. The van der Waals surface area contributed by atoms with Crippen molar-refractivity contribution in [2.45, 2.75) is 6.23 Å². The van der Waals surface area contributed by atoms with Crippen LogP contribution in [0.4, 0.5) is 0 Å². The second-order valence-electron chi connectivity index (χ2n) is 1.91. The van der Waals surface area contributed by atoms with Gasteiger partial charge in [0.25, 0.3) is 0 Å². The van der Waals surface area contributed by atoms with Crippen LogP contribution in [0, 0.1) is 0 Å². The molecule has 0 saturated carbocycles. The largest absolute Gasteiger partial charge is 0.478 e. The van der Waals surface area contributed by atoms with Crippen molar-refractivity contribution in [2.75, 3.05) is 5.88 Å². The van der Waals surface area contributed by atoms with Gasteiger partial charge in [0.05, 0.1) is 6.26 Å². The molecule has 2 rings (SSSR count). The summed E-state index contributed by atoms with van der Waals surface area (Å²) in [5.41, 5.74) is 0. The summed E-state index contributed by atoms with van der Waals surface area (Å²) in [6.45, 7) is 0. The van der Waals surface area contributed by atoms with E-state index < -0.39 is 0 Å². The zero-order valence-electron chi connectivity index (χ0n) is 4.83. The molecule has 0 aromatic rings. The Balaban J connectivity index is 2.23. The number of rotatable bonds is 0. The molecule has 0 radical (unpaired) electrons. The Bertz CT molecular complexity index is 176. The molecule has 0 bridgehead atoms. The highest BCUT2D eigenvalue weighted by Gasteiger charge is 2.21. The maximum absolute atomic E-state index is 5.22. The van der Waals surface area contributed by atoms with Gasteiger partial charge in [-0.2, -0.15) is 0 Å². The van der Waals surface area contributed by atoms with E-state index in [1.165, 1.54) is 4.91 Å². The predicted octanol–water partition coefficient (Wildman–Crippen LogP) is 1.03. The van der Waals surface area contributed by atoms with Crippen LogP contribution in [-0.4, -0.2) is 12.1 Å². The van der Waals surface area contributed by atoms with Crippen molar-refractivity contribution in [3.8, 4) is 0 Å². The number of nitrogens with one attached hydrogen (secondary N) is 1. The van der Waals surface area contributed by atoms with E-state index in [0.29, 0.717) is 0 Å². The molecule has 1 fully saturated rings. The minimum absolute atomic E-state index is 0.153. The molecule has 2 nitrogen and oxygen atoms in total. The highest BCUT2D eigenvalue weighted by Crippen LogP contribution is 2.27. The zero-order chi connectivity index (χ0) is 6.10. The fourth-order valence-electron chi connectivity index (χ4n) is 0.886. The van der Waals surface area contributed by atoms with Crippen LogP contribution in [-0.2, 0) is 4.74 Å². The highest BCUT2D eigenvalue weighted by molar-refractivity contribution is 8.03. The first-order chi connectivity index (χ1) is 4.47. The lowest BCUT2D eigenvalue weighted by Gasteiger charge is -2.12. The summed E-state index contributed by atoms with van der Waals surface area (Å²) in [4.78, 5) is 1.29. The smallest absolute Gasteiger partial charge is 0.182 e. The van der Waals surface area contributed by atoms with E-state index in [0.717, 1.165) is 5.88 Å². The fraction of sp³-hybridized carbons (Fsp3) is 0.333. The first-order valence-corrected chi connectivity index (χ1v) is 3.84. The lowest BCUT2D eigenvalue weighted by Crippen LogP contribution is -2.24. The molecule has 1 saturated heterocycles. The molecule has 2 aliphatic rings. The summed E-state index contributed by atoms with van der Waals surface area (Å²) in [6, 6.07) is 0. The zero-order valence-corrected chi connectivity index (χ0v) is 5.65. The molecular formula is C6H7NOS. The quantitative estimate of drug-likeness (QED) is 0.544. The van der Waals surface area contributed by atoms with E-state index in [1.807, 2.05) is 6.08 Å². The summed E-state index contributed by atoms with van der Waals surface area (Å²) >= 11 is 1.80. The standard InChI is InChI=1S/C6H7NOS/c1-2-5-6(8-3-1)7-4-9-5/h1-3,6-7H,4H2. The molecule has 0 spiro atoms. The van der Waals surface area contributed by atoms with E-state index in [2.05, 4.69) is 11.4 Å². The van der Waals surface area contributed by atoms with Crippen LogP contribution in [0.2, 0.25) is 0 Å². The third-order valence-electron chi connectivity index (χ3n) is 1.32. The maximum atomic E-state index is 5.22. The molecule has 0 aromatic heterocycles. The third kappa shape index (κ3) is 0.862. The molecule has 48 valence electrons. The molecule has 0 aliphatic carbocycles. The lowest BCUT2D eigenvalue weighted by atomic mass is 10.4. The van der Waals surface area contributed by atoms with E-state index in [4.69, 9.17) is 4.74 Å². The summed E-state index contributed by atoms with van der Waals surface area (Å²) in [6.07, 6.45) is 5.87. The molecule has 1 atom stereocenters. The van der Waals surface area contributed by atoms with Crippen molar-refractivity contribution < 1.29 is 4.74 Å². The molecular weight excluding hydrogens is 134 g/mol. The Morgan fingerprint density at radius 1 is 1.78 bits per heavy atom. The summed E-state index contributed by atoms with van der Waals surface area (Å²) in [5.74, 6) is 0.970. The van der Waals surface area contributed by atoms with E-state index in [9.17, 15) is 0 Å². The second-order valence-corrected chi connectivity index (χ2v) is 2.96. The number of ether oxygens (including phenoxy) is 1. The molecule has 0 amide bonds. The molecule has 1 N–H and O–H groups in total. The number of hydrogen-bond acceptors (Lipinski definition) is 3. The second kappa shape index (κ2) is 2.08. The minimum atomic E-state index is 0.153. The van der Waals surface area contributed by atoms with Crippen LogP contribution in [0.15, 0.2) is 23.3 Å². The van der Waals surface area contributed by atoms with Gasteiger partial charge in [-0.3, -0.25) is 5.32 Å². The van der Waals surface area contributed by atoms with Gasteiger partial charge in [-0.15, -0.1) is 11.8 Å². The number of hydrogen-bond donors (Lipinski definition) is 1. The fourth-order valence-corrected chi connectivity index (χ4v) is 1.75. The van der Waals surface area contributed by atoms with Crippen molar-refractivity contribution in [1.29, 1.82) is 0 Å². The van der Waals surface area contributed by atoms with Gasteiger partial charge in [0, 0.05) is 10.8 Å². The number of allylic oxidation sites excluding steroid dienone is 2. The summed E-state index contributed by atoms with van der Waals surface area (Å²) in [5, 5.41) is 3.18. The Hall–Kier alpha value is -0.410. The first-order valence-electron chi connectivity index (χ1n) is 2.85. The van der Waals surface area contributed by atoms with Gasteiger partial charge < -0.3 is 4.74 Å². The van der Waals surface area contributed by atoms with Crippen LogP contribution in [0.1, 0.15) is 0 Å². The molecule has 1 unspecified atom stereocenters.